The highest BCUT2D eigenvalue weighted by Crippen LogP contribution is 2.28. The number of hydrogen-bond donors (Lipinski definition) is 0. The van der Waals surface area contributed by atoms with Crippen LogP contribution in [0.4, 0.5) is 5.69 Å². The van der Waals surface area contributed by atoms with Gasteiger partial charge in [0.2, 0.25) is 0 Å². The summed E-state index contributed by atoms with van der Waals surface area (Å²) in [6.07, 6.45) is 0. The highest BCUT2D eigenvalue weighted by molar-refractivity contribution is 5.91. The molecule has 23 heavy (non-hydrogen) atoms. The molecule has 0 bridgehead atoms. The maximum atomic E-state index is 12.1. The Bertz CT molecular complexity index is 743. The van der Waals surface area contributed by atoms with Gasteiger partial charge in [0, 0.05) is 12.1 Å². The third-order valence-electron chi connectivity index (χ3n) is 3.56. The Hall–Kier alpha value is -2.69. The Morgan fingerprint density at radius 1 is 1.09 bits per heavy atom. The number of esters is 1. The number of non-ortho nitro benzene ring substituents is 1. The van der Waals surface area contributed by atoms with E-state index in [2.05, 4.69) is 20.8 Å². The predicted octanol–water partition coefficient (Wildman–Crippen LogP) is 4.42. The van der Waals surface area contributed by atoms with Gasteiger partial charge in [-0.25, -0.2) is 4.79 Å². The number of nitro benzene ring substituents is 1. The molecule has 0 N–H and O–H groups in total. The maximum Gasteiger partial charge on any atom is 0.343 e. The molecule has 2 rings (SSSR count). The number of rotatable bonds is 3. The Labute approximate surface area is 135 Å². The summed E-state index contributed by atoms with van der Waals surface area (Å²) < 4.78 is 5.39. The molecule has 5 nitrogen and oxygen atoms in total. The summed E-state index contributed by atoms with van der Waals surface area (Å²) >= 11 is 0. The maximum absolute atomic E-state index is 12.1. The number of benzene rings is 2. The van der Waals surface area contributed by atoms with Crippen LogP contribution < -0.4 is 4.74 Å². The Morgan fingerprint density at radius 2 is 1.70 bits per heavy atom. The first-order valence-corrected chi connectivity index (χ1v) is 7.26. The molecule has 0 radical (unpaired) electrons. The second-order valence-corrected chi connectivity index (χ2v) is 6.42. The fraction of sp³-hybridized carbons (Fsp3) is 0.278. The third-order valence-corrected chi connectivity index (χ3v) is 3.56. The average molecular weight is 313 g/mol. The molecule has 120 valence electrons. The summed E-state index contributed by atoms with van der Waals surface area (Å²) in [6.45, 7) is 8.23. The molecule has 0 spiro atoms. The number of hydrogen-bond acceptors (Lipinski definition) is 4. The number of aryl methyl sites for hydroxylation is 1. The molecule has 0 heterocycles. The van der Waals surface area contributed by atoms with Crippen LogP contribution in [0.5, 0.6) is 5.75 Å². The first kappa shape index (κ1) is 16.7. The van der Waals surface area contributed by atoms with Crippen molar-refractivity contribution in [2.24, 2.45) is 0 Å². The van der Waals surface area contributed by atoms with E-state index >= 15 is 0 Å². The normalized spacial score (nSPS) is 11.1. The molecule has 0 aromatic heterocycles. The molecule has 0 aliphatic heterocycles. The van der Waals surface area contributed by atoms with Gasteiger partial charge in [-0.1, -0.05) is 32.9 Å². The monoisotopic (exact) mass is 313 g/mol. The Kier molecular flexibility index (Phi) is 4.50. The molecule has 0 saturated carbocycles. The second kappa shape index (κ2) is 6.20. The number of carbonyl (C=O) groups excluding carboxylic acids is 1. The molecular formula is C18H19NO4. The Balaban J connectivity index is 2.18. The van der Waals surface area contributed by atoms with Crippen LogP contribution in [0.2, 0.25) is 0 Å². The second-order valence-electron chi connectivity index (χ2n) is 6.42. The zero-order valence-corrected chi connectivity index (χ0v) is 13.6. The fourth-order valence-electron chi connectivity index (χ4n) is 2.11. The van der Waals surface area contributed by atoms with Gasteiger partial charge in [0.1, 0.15) is 5.75 Å². The van der Waals surface area contributed by atoms with Crippen LogP contribution >= 0.6 is 0 Å². The van der Waals surface area contributed by atoms with Gasteiger partial charge in [-0.3, -0.25) is 10.1 Å². The minimum Gasteiger partial charge on any atom is -0.423 e. The van der Waals surface area contributed by atoms with Crippen LogP contribution in [0.3, 0.4) is 0 Å². The van der Waals surface area contributed by atoms with Crippen LogP contribution in [0.1, 0.15) is 42.3 Å². The van der Waals surface area contributed by atoms with Crippen LogP contribution in [0.25, 0.3) is 0 Å². The van der Waals surface area contributed by atoms with Gasteiger partial charge >= 0.3 is 5.97 Å². The van der Waals surface area contributed by atoms with Gasteiger partial charge in [-0.05, 0) is 41.7 Å². The summed E-state index contributed by atoms with van der Waals surface area (Å²) in [6, 6.07) is 11.1. The van der Waals surface area contributed by atoms with E-state index in [1.807, 2.05) is 19.1 Å². The molecule has 2 aromatic rings. The van der Waals surface area contributed by atoms with Crippen molar-refractivity contribution in [1.29, 1.82) is 0 Å². The van der Waals surface area contributed by atoms with Crippen molar-refractivity contribution in [2.45, 2.75) is 33.1 Å². The van der Waals surface area contributed by atoms with E-state index in [-0.39, 0.29) is 16.7 Å². The van der Waals surface area contributed by atoms with Crippen molar-refractivity contribution in [3.8, 4) is 5.75 Å². The number of ether oxygens (including phenoxy) is 1. The summed E-state index contributed by atoms with van der Waals surface area (Å²) in [5.41, 5.74) is 2.26. The smallest absolute Gasteiger partial charge is 0.343 e. The lowest BCUT2D eigenvalue weighted by atomic mass is 9.86. The van der Waals surface area contributed by atoms with Crippen molar-refractivity contribution in [3.63, 3.8) is 0 Å². The largest absolute Gasteiger partial charge is 0.423 e. The molecule has 0 aliphatic rings. The van der Waals surface area contributed by atoms with E-state index in [1.165, 1.54) is 24.3 Å². The van der Waals surface area contributed by atoms with Gasteiger partial charge in [-0.15, -0.1) is 0 Å². The highest BCUT2D eigenvalue weighted by Gasteiger charge is 2.17. The quantitative estimate of drug-likeness (QED) is 0.364. The van der Waals surface area contributed by atoms with E-state index in [4.69, 9.17) is 4.74 Å². The van der Waals surface area contributed by atoms with Crippen molar-refractivity contribution in [2.75, 3.05) is 0 Å². The molecular weight excluding hydrogens is 294 g/mol. The van der Waals surface area contributed by atoms with Gasteiger partial charge in [0.15, 0.2) is 0 Å². The molecule has 0 saturated heterocycles. The number of nitro groups is 1. The Morgan fingerprint density at radius 3 is 2.17 bits per heavy atom. The molecule has 0 atom stereocenters. The summed E-state index contributed by atoms with van der Waals surface area (Å²) in [7, 11) is 0. The van der Waals surface area contributed by atoms with E-state index in [0.29, 0.717) is 5.75 Å². The van der Waals surface area contributed by atoms with Crippen LogP contribution in [0, 0.1) is 17.0 Å². The van der Waals surface area contributed by atoms with Gasteiger partial charge in [-0.2, -0.15) is 0 Å². The predicted molar refractivity (Wildman–Crippen MR) is 87.9 cm³/mol. The SMILES string of the molecule is Cc1cc(C(C)(C)C)ccc1OC(=O)c1ccc([N+](=O)[O-])cc1. The van der Waals surface area contributed by atoms with Gasteiger partial charge in [0.25, 0.3) is 5.69 Å². The van der Waals surface area contributed by atoms with E-state index in [9.17, 15) is 14.9 Å². The summed E-state index contributed by atoms with van der Waals surface area (Å²) in [5.74, 6) is -0.0483. The lowest BCUT2D eigenvalue weighted by Crippen LogP contribution is -2.13. The van der Waals surface area contributed by atoms with Crippen molar-refractivity contribution in [3.05, 3.63) is 69.3 Å². The number of nitrogens with zero attached hydrogens (tertiary/aromatic N) is 1. The van der Waals surface area contributed by atoms with Gasteiger partial charge in [0.05, 0.1) is 10.5 Å². The lowest BCUT2D eigenvalue weighted by molar-refractivity contribution is -0.384. The van der Waals surface area contributed by atoms with Gasteiger partial charge < -0.3 is 4.74 Å². The molecule has 0 fully saturated rings. The molecule has 5 heteroatoms. The number of carbonyl (C=O) groups is 1. The van der Waals surface area contributed by atoms with Crippen molar-refractivity contribution >= 4 is 11.7 Å². The van der Waals surface area contributed by atoms with E-state index in [0.717, 1.165) is 11.1 Å². The molecule has 0 amide bonds. The van der Waals surface area contributed by atoms with Crippen LogP contribution in [-0.4, -0.2) is 10.9 Å². The standard InChI is InChI=1S/C18H19NO4/c1-12-11-14(18(2,3)4)7-10-16(12)23-17(20)13-5-8-15(9-6-13)19(21)22/h5-11H,1-4H3. The first-order valence-electron chi connectivity index (χ1n) is 7.26. The minimum absolute atomic E-state index is 0.0195. The third kappa shape index (κ3) is 3.94. The molecule has 2 aromatic carbocycles. The average Bonchev–Trinajstić information content (AvgIpc) is 2.48. The van der Waals surface area contributed by atoms with E-state index in [1.54, 1.807) is 6.07 Å². The van der Waals surface area contributed by atoms with Crippen LogP contribution in [-0.2, 0) is 5.41 Å². The summed E-state index contributed by atoms with van der Waals surface area (Å²) in [5, 5.41) is 10.6. The zero-order valence-electron chi connectivity index (χ0n) is 13.6. The van der Waals surface area contributed by atoms with E-state index < -0.39 is 10.9 Å². The molecule has 0 aliphatic carbocycles. The zero-order chi connectivity index (χ0) is 17.2. The van der Waals surface area contributed by atoms with Crippen molar-refractivity contribution in [1.82, 2.24) is 0 Å². The summed E-state index contributed by atoms with van der Waals surface area (Å²) in [4.78, 5) is 22.2. The molecule has 0 unspecified atom stereocenters. The van der Waals surface area contributed by atoms with Crippen LogP contribution in [0.15, 0.2) is 42.5 Å². The lowest BCUT2D eigenvalue weighted by Gasteiger charge is -2.20. The topological polar surface area (TPSA) is 69.4 Å². The highest BCUT2D eigenvalue weighted by atomic mass is 16.6. The minimum atomic E-state index is -0.536. The first-order chi connectivity index (χ1) is 10.7. The fourth-order valence-corrected chi connectivity index (χ4v) is 2.11. The van der Waals surface area contributed by atoms with Crippen molar-refractivity contribution < 1.29 is 14.5 Å².